The van der Waals surface area contributed by atoms with Crippen molar-refractivity contribution < 1.29 is 32.8 Å². The summed E-state index contributed by atoms with van der Waals surface area (Å²) in [6, 6.07) is 0. The van der Waals surface area contributed by atoms with E-state index in [4.69, 9.17) is 24.3 Å². The van der Waals surface area contributed by atoms with Crippen LogP contribution in [0, 0.1) is 0 Å². The second kappa shape index (κ2) is 38.9. The monoisotopic (exact) mass is 728 g/mol. The second-order valence-corrected chi connectivity index (χ2v) is 15.0. The van der Waals surface area contributed by atoms with Crippen molar-refractivity contribution in [2.24, 2.45) is 5.73 Å². The lowest BCUT2D eigenvalue weighted by molar-refractivity contribution is -0.154. The number of hydrogen-bond donors (Lipinski definition) is 2. The average Bonchev–Trinajstić information content (AvgIpc) is 3.10. The topological polar surface area (TPSA) is 117 Å². The molecule has 2 unspecified atom stereocenters. The maximum absolute atomic E-state index is 12.6. The number of unbranched alkanes of at least 4 members (excludes halogenated alkanes) is 20. The minimum absolute atomic E-state index is 0.0977. The standard InChI is InChI=1S/C41H78NO7P/c1-3-5-7-9-11-13-15-17-18-19-20-21-22-23-24-26-28-30-32-34-41(43)49-40(39-48-50(44,45)47-37-35-42)38-46-36-33-31-29-27-25-16-14-12-10-8-6-4-2/h11,13,17-18,20-21,40H,3-10,12,14-16,19,22-39,42H2,1-2H3,(H,44,45)/b13-11-,18-17-,21-20-. The van der Waals surface area contributed by atoms with Crippen LogP contribution in [0.25, 0.3) is 0 Å². The van der Waals surface area contributed by atoms with Crippen LogP contribution in [0.4, 0.5) is 0 Å². The SMILES string of the molecule is CCCCC/C=C\C/C=C\C/C=C\CCCCCCCCC(=O)OC(COCCCCCCCCCCCCCC)COP(=O)(O)OCCN. The molecular weight excluding hydrogens is 649 g/mol. The van der Waals surface area contributed by atoms with Gasteiger partial charge in [-0.25, -0.2) is 4.57 Å². The zero-order valence-electron chi connectivity index (χ0n) is 32.4. The number of phosphoric acid groups is 1. The quantitative estimate of drug-likeness (QED) is 0.0278. The number of nitrogens with two attached hydrogens (primary N) is 1. The van der Waals surface area contributed by atoms with Gasteiger partial charge in [0.1, 0.15) is 6.10 Å². The first-order valence-electron chi connectivity index (χ1n) is 20.5. The molecule has 0 heterocycles. The Labute approximate surface area is 308 Å². The molecule has 0 fully saturated rings. The fraction of sp³-hybridized carbons (Fsp3) is 0.829. The van der Waals surface area contributed by atoms with E-state index in [9.17, 15) is 14.3 Å². The molecule has 0 aliphatic heterocycles. The molecule has 2 atom stereocenters. The molecule has 3 N–H and O–H groups in total. The zero-order valence-corrected chi connectivity index (χ0v) is 33.3. The third-order valence-corrected chi connectivity index (χ3v) is 9.54. The van der Waals surface area contributed by atoms with Crippen molar-refractivity contribution >= 4 is 13.8 Å². The first kappa shape index (κ1) is 48.7. The smallest absolute Gasteiger partial charge is 0.457 e. The van der Waals surface area contributed by atoms with E-state index in [-0.39, 0.29) is 32.3 Å². The predicted molar refractivity (Wildman–Crippen MR) is 210 cm³/mol. The second-order valence-electron chi connectivity index (χ2n) is 13.5. The summed E-state index contributed by atoms with van der Waals surface area (Å²) in [7, 11) is -4.27. The van der Waals surface area contributed by atoms with Crippen molar-refractivity contribution in [3.63, 3.8) is 0 Å². The van der Waals surface area contributed by atoms with Gasteiger partial charge in [0.25, 0.3) is 0 Å². The molecule has 0 spiro atoms. The molecule has 8 nitrogen and oxygen atoms in total. The first-order chi connectivity index (χ1) is 24.4. The Morgan fingerprint density at radius 1 is 0.600 bits per heavy atom. The van der Waals surface area contributed by atoms with Gasteiger partial charge in [-0.2, -0.15) is 0 Å². The highest BCUT2D eigenvalue weighted by Gasteiger charge is 2.25. The number of hydrogen-bond acceptors (Lipinski definition) is 7. The summed E-state index contributed by atoms with van der Waals surface area (Å²) in [5.41, 5.74) is 5.36. The summed E-state index contributed by atoms with van der Waals surface area (Å²) >= 11 is 0. The summed E-state index contributed by atoms with van der Waals surface area (Å²) in [5, 5.41) is 0. The normalized spacial score (nSPS) is 13.9. The highest BCUT2D eigenvalue weighted by molar-refractivity contribution is 7.47. The van der Waals surface area contributed by atoms with Gasteiger partial charge in [-0.05, 0) is 51.4 Å². The number of rotatable bonds is 39. The third kappa shape index (κ3) is 38.0. The van der Waals surface area contributed by atoms with E-state index >= 15 is 0 Å². The molecule has 0 saturated carbocycles. The summed E-state index contributed by atoms with van der Waals surface area (Å²) in [6.07, 6.45) is 42.9. The molecule has 0 aliphatic carbocycles. The van der Waals surface area contributed by atoms with Crippen LogP contribution in [0.1, 0.15) is 181 Å². The van der Waals surface area contributed by atoms with Gasteiger partial charge in [-0.3, -0.25) is 13.8 Å². The molecule has 0 rings (SSSR count). The molecule has 294 valence electrons. The lowest BCUT2D eigenvalue weighted by atomic mass is 10.1. The number of phosphoric ester groups is 1. The van der Waals surface area contributed by atoms with Crippen LogP contribution < -0.4 is 5.73 Å². The van der Waals surface area contributed by atoms with Gasteiger partial charge in [-0.15, -0.1) is 0 Å². The molecule has 0 aromatic carbocycles. The fourth-order valence-electron chi connectivity index (χ4n) is 5.53. The van der Waals surface area contributed by atoms with Crippen LogP contribution in [-0.4, -0.2) is 49.9 Å². The highest BCUT2D eigenvalue weighted by Crippen LogP contribution is 2.43. The van der Waals surface area contributed by atoms with Crippen molar-refractivity contribution in [3.8, 4) is 0 Å². The Bertz CT molecular complexity index is 864. The van der Waals surface area contributed by atoms with Crippen LogP contribution in [0.3, 0.4) is 0 Å². The summed E-state index contributed by atoms with van der Waals surface area (Å²) in [4.78, 5) is 22.4. The Kier molecular flexibility index (Phi) is 37.9. The van der Waals surface area contributed by atoms with E-state index in [2.05, 4.69) is 50.3 Å². The molecule has 50 heavy (non-hydrogen) atoms. The predicted octanol–water partition coefficient (Wildman–Crippen LogP) is 11.9. The van der Waals surface area contributed by atoms with Gasteiger partial charge in [0.05, 0.1) is 19.8 Å². The van der Waals surface area contributed by atoms with Crippen molar-refractivity contribution in [1.29, 1.82) is 0 Å². The summed E-state index contributed by atoms with van der Waals surface area (Å²) in [6.45, 7) is 4.88. The zero-order chi connectivity index (χ0) is 36.6. The minimum Gasteiger partial charge on any atom is -0.457 e. The number of carbonyl (C=O) groups excluding carboxylic acids is 1. The number of carbonyl (C=O) groups is 1. The highest BCUT2D eigenvalue weighted by atomic mass is 31.2. The van der Waals surface area contributed by atoms with Gasteiger partial charge < -0.3 is 20.1 Å². The van der Waals surface area contributed by atoms with E-state index in [0.29, 0.717) is 13.0 Å². The molecule has 0 aromatic heterocycles. The molecular formula is C41H78NO7P. The summed E-state index contributed by atoms with van der Waals surface area (Å²) < 4.78 is 33.3. The lowest BCUT2D eigenvalue weighted by Crippen LogP contribution is -2.28. The van der Waals surface area contributed by atoms with Crippen molar-refractivity contribution in [2.75, 3.05) is 33.0 Å². The van der Waals surface area contributed by atoms with Gasteiger partial charge in [-0.1, -0.05) is 159 Å². The van der Waals surface area contributed by atoms with Crippen molar-refractivity contribution in [1.82, 2.24) is 0 Å². The molecule has 0 saturated heterocycles. The Hall–Kier alpha value is -1.28. The van der Waals surface area contributed by atoms with Crippen LogP contribution in [0.2, 0.25) is 0 Å². The summed E-state index contributed by atoms with van der Waals surface area (Å²) in [5.74, 6) is -0.342. The van der Waals surface area contributed by atoms with Gasteiger partial charge >= 0.3 is 13.8 Å². The maximum atomic E-state index is 12.6. The average molecular weight is 728 g/mol. The van der Waals surface area contributed by atoms with Gasteiger partial charge in [0.15, 0.2) is 0 Å². The van der Waals surface area contributed by atoms with E-state index in [1.807, 2.05) is 0 Å². The van der Waals surface area contributed by atoms with Crippen LogP contribution in [-0.2, 0) is 27.9 Å². The molecule has 0 radical (unpaired) electrons. The van der Waals surface area contributed by atoms with E-state index in [0.717, 1.165) is 57.8 Å². The van der Waals surface area contributed by atoms with E-state index in [1.165, 1.54) is 103 Å². The van der Waals surface area contributed by atoms with Crippen molar-refractivity contribution in [2.45, 2.75) is 187 Å². The Morgan fingerprint density at radius 2 is 1.06 bits per heavy atom. The van der Waals surface area contributed by atoms with Crippen molar-refractivity contribution in [3.05, 3.63) is 36.5 Å². The van der Waals surface area contributed by atoms with E-state index < -0.39 is 13.9 Å². The maximum Gasteiger partial charge on any atom is 0.472 e. The first-order valence-corrected chi connectivity index (χ1v) is 22.0. The Balaban J connectivity index is 4.07. The molecule has 0 amide bonds. The number of esters is 1. The Morgan fingerprint density at radius 3 is 1.62 bits per heavy atom. The van der Waals surface area contributed by atoms with Gasteiger partial charge in [0.2, 0.25) is 0 Å². The fourth-order valence-corrected chi connectivity index (χ4v) is 6.30. The third-order valence-electron chi connectivity index (χ3n) is 8.56. The van der Waals surface area contributed by atoms with E-state index in [1.54, 1.807) is 0 Å². The molecule has 0 aromatic rings. The number of ether oxygens (including phenoxy) is 2. The molecule has 0 bridgehead atoms. The van der Waals surface area contributed by atoms with Gasteiger partial charge in [0, 0.05) is 19.6 Å². The van der Waals surface area contributed by atoms with Crippen LogP contribution in [0.5, 0.6) is 0 Å². The minimum atomic E-state index is -4.27. The molecule has 9 heteroatoms. The molecule has 0 aliphatic rings. The number of allylic oxidation sites excluding steroid dienone is 6. The van der Waals surface area contributed by atoms with Crippen LogP contribution >= 0.6 is 7.82 Å². The van der Waals surface area contributed by atoms with Crippen LogP contribution in [0.15, 0.2) is 36.5 Å². The lowest BCUT2D eigenvalue weighted by Gasteiger charge is -2.20. The largest absolute Gasteiger partial charge is 0.472 e.